The fourth-order valence-electron chi connectivity index (χ4n) is 6.66. The molecule has 2 fully saturated rings. The minimum Gasteiger partial charge on any atom is -0.497 e. The van der Waals surface area contributed by atoms with E-state index in [1.165, 1.54) is 0 Å². The average molecular weight is 625 g/mol. The lowest BCUT2D eigenvalue weighted by Crippen LogP contribution is -2.57. The summed E-state index contributed by atoms with van der Waals surface area (Å²) < 4.78 is 41.8. The summed E-state index contributed by atoms with van der Waals surface area (Å²) >= 11 is 0. The maximum absolute atomic E-state index is 14.2. The standard InChI is InChI=1S/C33H56O9Si/c1-31(2)20-27(34)29(35)33(42-23-39-18-19-43(7,8)9)15-14-26(32(33,3)4)28(30(31)41-22-38-17-16-36-5)40-21-24-10-12-25(37-6)13-11-24/h10-13,26-28,30,34H,14-23H2,1-9H3/t26-,27-,28-,30-,33-/m1/s1. The number of ketones is 1. The number of methoxy groups -OCH3 is 2. The number of aliphatic hydroxyl groups is 1. The van der Waals surface area contributed by atoms with Crippen molar-refractivity contribution < 1.29 is 43.1 Å². The lowest BCUT2D eigenvalue weighted by molar-refractivity contribution is -0.212. The van der Waals surface area contributed by atoms with E-state index in [1.807, 2.05) is 38.1 Å². The summed E-state index contributed by atoms with van der Waals surface area (Å²) in [6.07, 6.45) is -0.764. The molecule has 1 aromatic carbocycles. The SMILES string of the molecule is COCCOCO[C@@H]1[C@H](OCc2ccc(OC)cc2)[C@H]2CC[C@@](OCOCC[Si](C)(C)C)(C(=O)[C@H](O)CC1(C)C)C2(C)C. The van der Waals surface area contributed by atoms with Crippen LogP contribution in [0, 0.1) is 16.7 Å². The molecule has 9 nitrogen and oxygen atoms in total. The maximum atomic E-state index is 14.2. The normalized spacial score (nSPS) is 28.7. The number of carbonyl (C=O) groups excluding carboxylic acids is 1. The topological polar surface area (TPSA) is 102 Å². The lowest BCUT2D eigenvalue weighted by Gasteiger charge is -2.46. The summed E-state index contributed by atoms with van der Waals surface area (Å²) in [6.45, 7) is 16.9. The fourth-order valence-corrected chi connectivity index (χ4v) is 7.42. The quantitative estimate of drug-likeness (QED) is 0.146. The van der Waals surface area contributed by atoms with Crippen LogP contribution in [-0.4, -0.2) is 90.5 Å². The van der Waals surface area contributed by atoms with Crippen LogP contribution in [0.3, 0.4) is 0 Å². The number of carbonyl (C=O) groups is 1. The van der Waals surface area contributed by atoms with Crippen molar-refractivity contribution in [2.24, 2.45) is 16.7 Å². The molecule has 5 atom stereocenters. The molecule has 2 saturated carbocycles. The Labute approximate surface area is 259 Å². The Balaban J connectivity index is 1.94. The molecule has 0 aliphatic heterocycles. The zero-order valence-corrected chi connectivity index (χ0v) is 28.9. The van der Waals surface area contributed by atoms with Gasteiger partial charge in [0, 0.05) is 27.2 Å². The monoisotopic (exact) mass is 624 g/mol. The number of Topliss-reactive ketones (excluding diaryl/α,β-unsaturated/α-hetero) is 1. The molecule has 2 aliphatic carbocycles. The summed E-state index contributed by atoms with van der Waals surface area (Å²) in [7, 11) is 1.99. The number of ether oxygens (including phenoxy) is 7. The van der Waals surface area contributed by atoms with E-state index < -0.39 is 42.8 Å². The lowest BCUT2D eigenvalue weighted by atomic mass is 9.67. The highest BCUT2D eigenvalue weighted by molar-refractivity contribution is 6.76. The number of fused-ring (bicyclic) bond motifs is 2. The van der Waals surface area contributed by atoms with Crippen molar-refractivity contribution in [2.45, 2.75) is 103 Å². The molecule has 0 unspecified atom stereocenters. The molecule has 0 spiro atoms. The molecule has 0 radical (unpaired) electrons. The second kappa shape index (κ2) is 15.3. The minimum atomic E-state index is -1.28. The van der Waals surface area contributed by atoms with Gasteiger partial charge in [-0.25, -0.2) is 0 Å². The molecule has 0 amide bonds. The number of rotatable bonds is 16. The number of hydrogen-bond donors (Lipinski definition) is 1. The fraction of sp³-hybridized carbons (Fsp3) is 0.788. The molecule has 0 heterocycles. The van der Waals surface area contributed by atoms with E-state index in [-0.39, 0.29) is 31.7 Å². The van der Waals surface area contributed by atoms with Crippen LogP contribution in [0.4, 0.5) is 0 Å². The van der Waals surface area contributed by atoms with E-state index in [1.54, 1.807) is 14.2 Å². The smallest absolute Gasteiger partial charge is 0.193 e. The van der Waals surface area contributed by atoms with Crippen molar-refractivity contribution in [3.63, 3.8) is 0 Å². The van der Waals surface area contributed by atoms with Crippen LogP contribution in [0.5, 0.6) is 5.75 Å². The summed E-state index contributed by atoms with van der Waals surface area (Å²) in [5, 5.41) is 11.5. The predicted molar refractivity (Wildman–Crippen MR) is 168 cm³/mol. The van der Waals surface area contributed by atoms with Gasteiger partial charge in [-0.3, -0.25) is 4.79 Å². The highest BCUT2D eigenvalue weighted by atomic mass is 28.3. The van der Waals surface area contributed by atoms with Gasteiger partial charge in [-0.1, -0.05) is 59.5 Å². The van der Waals surface area contributed by atoms with Crippen LogP contribution in [-0.2, 0) is 39.8 Å². The second-order valence-corrected chi connectivity index (χ2v) is 20.1. The first-order chi connectivity index (χ1) is 20.2. The largest absolute Gasteiger partial charge is 0.497 e. The van der Waals surface area contributed by atoms with Gasteiger partial charge in [0.1, 0.15) is 31.0 Å². The Bertz CT molecular complexity index is 1010. The van der Waals surface area contributed by atoms with E-state index in [4.69, 9.17) is 33.2 Å². The molecule has 43 heavy (non-hydrogen) atoms. The van der Waals surface area contributed by atoms with Gasteiger partial charge in [-0.15, -0.1) is 0 Å². The van der Waals surface area contributed by atoms with Crippen LogP contribution in [0.25, 0.3) is 0 Å². The van der Waals surface area contributed by atoms with Gasteiger partial charge in [0.15, 0.2) is 5.78 Å². The van der Waals surface area contributed by atoms with E-state index >= 15 is 0 Å². The third kappa shape index (κ3) is 8.88. The van der Waals surface area contributed by atoms with Crippen LogP contribution in [0.1, 0.15) is 52.5 Å². The van der Waals surface area contributed by atoms with E-state index in [0.29, 0.717) is 39.3 Å². The van der Waals surface area contributed by atoms with Gasteiger partial charge in [0.05, 0.1) is 39.1 Å². The van der Waals surface area contributed by atoms with Crippen molar-refractivity contribution in [1.82, 2.24) is 0 Å². The summed E-state index contributed by atoms with van der Waals surface area (Å²) in [4.78, 5) is 14.2. The van der Waals surface area contributed by atoms with Gasteiger partial charge in [-0.05, 0) is 54.3 Å². The van der Waals surface area contributed by atoms with Crippen LogP contribution in [0.15, 0.2) is 24.3 Å². The number of hydrogen-bond acceptors (Lipinski definition) is 9. The van der Waals surface area contributed by atoms with Gasteiger partial charge in [0.25, 0.3) is 0 Å². The van der Waals surface area contributed by atoms with Crippen molar-refractivity contribution in [1.29, 1.82) is 0 Å². The minimum absolute atomic E-state index is 0.00707. The predicted octanol–water partition coefficient (Wildman–Crippen LogP) is 5.45. The molecule has 2 aliphatic rings. The molecule has 0 saturated heterocycles. The summed E-state index contributed by atoms with van der Waals surface area (Å²) in [5.74, 6) is 0.387. The first-order valence-electron chi connectivity index (χ1n) is 15.6. The molecule has 2 bridgehead atoms. The first kappa shape index (κ1) is 36.1. The van der Waals surface area contributed by atoms with Crippen molar-refractivity contribution in [2.75, 3.05) is 47.6 Å². The number of benzene rings is 1. The zero-order valence-electron chi connectivity index (χ0n) is 27.9. The Hall–Kier alpha value is -1.37. The van der Waals surface area contributed by atoms with Crippen LogP contribution in [0.2, 0.25) is 25.7 Å². The zero-order chi connectivity index (χ0) is 31.9. The Morgan fingerprint density at radius 1 is 0.930 bits per heavy atom. The molecule has 10 heteroatoms. The van der Waals surface area contributed by atoms with Crippen molar-refractivity contribution in [3.8, 4) is 5.75 Å². The number of aliphatic hydroxyl groups excluding tert-OH is 1. The summed E-state index contributed by atoms with van der Waals surface area (Å²) in [6, 6.07) is 8.81. The highest BCUT2D eigenvalue weighted by Gasteiger charge is 2.65. The van der Waals surface area contributed by atoms with Gasteiger partial charge < -0.3 is 38.3 Å². The van der Waals surface area contributed by atoms with Crippen LogP contribution < -0.4 is 4.74 Å². The molecule has 0 aromatic heterocycles. The van der Waals surface area contributed by atoms with Crippen molar-refractivity contribution >= 4 is 13.9 Å². The van der Waals surface area contributed by atoms with Gasteiger partial charge in [-0.2, -0.15) is 0 Å². The molecule has 3 rings (SSSR count). The molecular weight excluding hydrogens is 568 g/mol. The third-order valence-electron chi connectivity index (χ3n) is 9.41. The first-order valence-corrected chi connectivity index (χ1v) is 19.3. The molecule has 1 N–H and O–H groups in total. The molecule has 246 valence electrons. The van der Waals surface area contributed by atoms with E-state index in [0.717, 1.165) is 17.4 Å². The third-order valence-corrected chi connectivity index (χ3v) is 11.1. The van der Waals surface area contributed by atoms with E-state index in [9.17, 15) is 9.90 Å². The highest BCUT2D eigenvalue weighted by Crippen LogP contribution is 2.58. The Morgan fingerprint density at radius 3 is 2.23 bits per heavy atom. The van der Waals surface area contributed by atoms with Gasteiger partial charge >= 0.3 is 0 Å². The average Bonchev–Trinajstić information content (AvgIpc) is 3.20. The van der Waals surface area contributed by atoms with Crippen LogP contribution >= 0.6 is 0 Å². The van der Waals surface area contributed by atoms with Crippen molar-refractivity contribution in [3.05, 3.63) is 29.8 Å². The Kier molecular flexibility index (Phi) is 12.8. The maximum Gasteiger partial charge on any atom is 0.193 e. The molecule has 1 aromatic rings. The molecular formula is C33H56O9Si. The summed E-state index contributed by atoms with van der Waals surface area (Å²) in [5.41, 5.74) is -1.52. The van der Waals surface area contributed by atoms with Gasteiger partial charge in [0.2, 0.25) is 0 Å². The second-order valence-electron chi connectivity index (χ2n) is 14.5. The van der Waals surface area contributed by atoms with E-state index in [2.05, 4.69) is 33.5 Å². The Morgan fingerprint density at radius 2 is 1.60 bits per heavy atom.